The van der Waals surface area contributed by atoms with Gasteiger partial charge in [-0.2, -0.15) is 0 Å². The van der Waals surface area contributed by atoms with Crippen LogP contribution in [0.15, 0.2) is 48.5 Å². The number of carbonyl (C=O) groups is 3. The third-order valence-corrected chi connectivity index (χ3v) is 7.80. The largest absolute Gasteiger partial charge is 0.479 e. The van der Waals surface area contributed by atoms with E-state index in [2.05, 4.69) is 29.6 Å². The van der Waals surface area contributed by atoms with Crippen LogP contribution in [0.25, 0.3) is 11.1 Å². The van der Waals surface area contributed by atoms with Crippen molar-refractivity contribution >= 4 is 18.0 Å². The molecule has 8 nitrogen and oxygen atoms in total. The van der Waals surface area contributed by atoms with Gasteiger partial charge in [0.25, 0.3) is 0 Å². The van der Waals surface area contributed by atoms with Crippen molar-refractivity contribution in [2.45, 2.75) is 49.7 Å². The monoisotopic (exact) mass is 478 g/mol. The quantitative estimate of drug-likeness (QED) is 0.588. The summed E-state index contributed by atoms with van der Waals surface area (Å²) in [5.74, 6) is -1.54. The number of amides is 2. The van der Waals surface area contributed by atoms with E-state index in [0.29, 0.717) is 0 Å². The molecule has 1 saturated heterocycles. The van der Waals surface area contributed by atoms with Crippen LogP contribution < -0.4 is 5.32 Å². The molecule has 1 atom stereocenters. The lowest BCUT2D eigenvalue weighted by Gasteiger charge is -2.40. The van der Waals surface area contributed by atoms with Crippen LogP contribution in [0.1, 0.15) is 49.1 Å². The fourth-order valence-corrected chi connectivity index (χ4v) is 5.43. The molecular formula is C27H30N2O6. The highest BCUT2D eigenvalue weighted by atomic mass is 16.5. The van der Waals surface area contributed by atoms with E-state index in [1.54, 1.807) is 4.90 Å². The van der Waals surface area contributed by atoms with Gasteiger partial charge in [-0.15, -0.1) is 0 Å². The number of likely N-dealkylation sites (tertiary alicyclic amines) is 1. The summed E-state index contributed by atoms with van der Waals surface area (Å²) in [6.07, 6.45) is 1.99. The summed E-state index contributed by atoms with van der Waals surface area (Å²) < 4.78 is 5.65. The van der Waals surface area contributed by atoms with Crippen molar-refractivity contribution in [1.82, 2.24) is 10.2 Å². The second-order valence-corrected chi connectivity index (χ2v) is 9.80. The Morgan fingerprint density at radius 3 is 2.09 bits per heavy atom. The maximum absolute atomic E-state index is 13.3. The number of nitrogens with zero attached hydrogens (tertiary/aromatic N) is 1. The highest BCUT2D eigenvalue weighted by molar-refractivity contribution is 5.87. The molecule has 3 aliphatic rings. The molecule has 2 aromatic carbocycles. The number of aliphatic carboxylic acids is 1. The van der Waals surface area contributed by atoms with E-state index in [1.165, 1.54) is 0 Å². The van der Waals surface area contributed by atoms with Gasteiger partial charge in [0.05, 0.1) is 0 Å². The van der Waals surface area contributed by atoms with Gasteiger partial charge in [0.2, 0.25) is 5.91 Å². The first-order valence-electron chi connectivity index (χ1n) is 12.2. The molecule has 2 aromatic rings. The van der Waals surface area contributed by atoms with Crippen LogP contribution in [-0.2, 0) is 14.3 Å². The van der Waals surface area contributed by atoms with Crippen LogP contribution >= 0.6 is 0 Å². The number of aliphatic hydroxyl groups is 1. The molecule has 1 aliphatic heterocycles. The Hall–Kier alpha value is -3.39. The molecule has 35 heavy (non-hydrogen) atoms. The summed E-state index contributed by atoms with van der Waals surface area (Å²) in [5, 5.41) is 22.2. The first-order valence-corrected chi connectivity index (χ1v) is 12.2. The van der Waals surface area contributed by atoms with Gasteiger partial charge in [0.15, 0.2) is 5.60 Å². The lowest BCUT2D eigenvalue weighted by atomic mass is 9.79. The molecule has 3 N–H and O–H groups in total. The van der Waals surface area contributed by atoms with E-state index in [9.17, 15) is 24.6 Å². The van der Waals surface area contributed by atoms with E-state index in [1.807, 2.05) is 24.3 Å². The maximum atomic E-state index is 13.3. The zero-order chi connectivity index (χ0) is 24.6. The van der Waals surface area contributed by atoms with Crippen molar-refractivity contribution in [2.24, 2.45) is 5.92 Å². The van der Waals surface area contributed by atoms with Crippen LogP contribution in [0.4, 0.5) is 4.79 Å². The smallest absolute Gasteiger partial charge is 0.407 e. The SMILES string of the molecule is O=C(NC(C(=O)N1CCC(O)(C(=O)O)CC1)C1CCC1)OCC1c2ccccc2-c2ccccc21. The molecule has 1 unspecified atom stereocenters. The van der Waals surface area contributed by atoms with E-state index >= 15 is 0 Å². The Balaban J connectivity index is 1.23. The minimum Gasteiger partial charge on any atom is -0.479 e. The number of benzene rings is 2. The van der Waals surface area contributed by atoms with Gasteiger partial charge in [-0.1, -0.05) is 55.0 Å². The van der Waals surface area contributed by atoms with Crippen molar-refractivity contribution in [3.8, 4) is 11.1 Å². The highest BCUT2D eigenvalue weighted by Gasteiger charge is 2.43. The third-order valence-electron chi connectivity index (χ3n) is 7.80. The minimum absolute atomic E-state index is 0.0308. The second kappa shape index (κ2) is 9.34. The molecule has 1 saturated carbocycles. The number of ether oxygens (including phenoxy) is 1. The topological polar surface area (TPSA) is 116 Å². The Bertz CT molecular complexity index is 1090. The van der Waals surface area contributed by atoms with E-state index < -0.39 is 23.7 Å². The lowest BCUT2D eigenvalue weighted by Crippen LogP contribution is -2.58. The molecule has 2 aliphatic carbocycles. The van der Waals surface area contributed by atoms with Crippen molar-refractivity contribution in [3.05, 3.63) is 59.7 Å². The number of carboxylic acid groups (broad SMARTS) is 1. The van der Waals surface area contributed by atoms with Gasteiger partial charge in [-0.25, -0.2) is 9.59 Å². The Labute approximate surface area is 203 Å². The van der Waals surface area contributed by atoms with Gasteiger partial charge < -0.3 is 25.2 Å². The number of alkyl carbamates (subject to hydrolysis) is 1. The second-order valence-electron chi connectivity index (χ2n) is 9.80. The van der Waals surface area contributed by atoms with Crippen molar-refractivity contribution in [2.75, 3.05) is 19.7 Å². The molecular weight excluding hydrogens is 448 g/mol. The number of carboxylic acids is 1. The average molecular weight is 479 g/mol. The van der Waals surface area contributed by atoms with Gasteiger partial charge in [-0.05, 0) is 41.0 Å². The normalized spacial score (nSPS) is 19.7. The highest BCUT2D eigenvalue weighted by Crippen LogP contribution is 2.44. The maximum Gasteiger partial charge on any atom is 0.407 e. The molecule has 8 heteroatoms. The van der Waals surface area contributed by atoms with Gasteiger partial charge >= 0.3 is 12.1 Å². The molecule has 184 valence electrons. The van der Waals surface area contributed by atoms with Gasteiger partial charge in [0, 0.05) is 31.8 Å². The summed E-state index contributed by atoms with van der Waals surface area (Å²) in [7, 11) is 0. The predicted octanol–water partition coefficient (Wildman–Crippen LogP) is 3.13. The number of hydrogen-bond acceptors (Lipinski definition) is 5. The summed E-state index contributed by atoms with van der Waals surface area (Å²) in [6, 6.07) is 15.5. The first-order chi connectivity index (χ1) is 16.9. The number of piperidine rings is 1. The van der Waals surface area contributed by atoms with Crippen LogP contribution in [0.3, 0.4) is 0 Å². The molecule has 2 amide bonds. The molecule has 5 rings (SSSR count). The number of hydrogen-bond donors (Lipinski definition) is 3. The standard InChI is InChI=1S/C27H30N2O6/c30-24(29-14-12-27(34,13-15-29)25(31)32)23(17-6-5-7-17)28-26(33)35-16-22-20-10-3-1-8-18(20)19-9-2-4-11-21(19)22/h1-4,8-11,17,22-23,34H,5-7,12-16H2,(H,28,33)(H,31,32). The summed E-state index contributed by atoms with van der Waals surface area (Å²) in [4.78, 5) is 38.9. The van der Waals surface area contributed by atoms with Crippen LogP contribution in [0.5, 0.6) is 0 Å². The van der Waals surface area contributed by atoms with E-state index in [0.717, 1.165) is 41.5 Å². The molecule has 2 fully saturated rings. The van der Waals surface area contributed by atoms with Crippen molar-refractivity contribution in [3.63, 3.8) is 0 Å². The molecule has 1 heterocycles. The zero-order valence-electron chi connectivity index (χ0n) is 19.5. The molecule has 0 spiro atoms. The first kappa shape index (κ1) is 23.4. The molecule has 0 radical (unpaired) electrons. The predicted molar refractivity (Wildman–Crippen MR) is 128 cm³/mol. The molecule has 0 bridgehead atoms. The number of carbonyl (C=O) groups excluding carboxylic acids is 2. The van der Waals surface area contributed by atoms with Crippen LogP contribution in [0.2, 0.25) is 0 Å². The average Bonchev–Trinajstić information content (AvgIpc) is 3.15. The number of nitrogens with one attached hydrogen (secondary N) is 1. The Morgan fingerprint density at radius 1 is 1.00 bits per heavy atom. The van der Waals surface area contributed by atoms with Crippen LogP contribution in [-0.4, -0.2) is 64.4 Å². The summed E-state index contributed by atoms with van der Waals surface area (Å²) in [6.45, 7) is 0.440. The fraction of sp³-hybridized carbons (Fsp3) is 0.444. The van der Waals surface area contributed by atoms with E-state index in [-0.39, 0.29) is 50.3 Å². The lowest BCUT2D eigenvalue weighted by molar-refractivity contribution is -0.165. The fourth-order valence-electron chi connectivity index (χ4n) is 5.43. The molecule has 0 aromatic heterocycles. The van der Waals surface area contributed by atoms with Crippen molar-refractivity contribution < 1.29 is 29.3 Å². The van der Waals surface area contributed by atoms with Crippen LogP contribution in [0, 0.1) is 5.92 Å². The van der Waals surface area contributed by atoms with E-state index in [4.69, 9.17) is 4.74 Å². The summed E-state index contributed by atoms with van der Waals surface area (Å²) in [5.41, 5.74) is 2.72. The number of fused-ring (bicyclic) bond motifs is 3. The van der Waals surface area contributed by atoms with Gasteiger partial charge in [0.1, 0.15) is 12.6 Å². The Kier molecular flexibility index (Phi) is 6.23. The third kappa shape index (κ3) is 4.38. The number of rotatable bonds is 6. The summed E-state index contributed by atoms with van der Waals surface area (Å²) >= 11 is 0. The Morgan fingerprint density at radius 2 is 1.57 bits per heavy atom. The minimum atomic E-state index is -1.80. The van der Waals surface area contributed by atoms with Crippen molar-refractivity contribution in [1.29, 1.82) is 0 Å². The van der Waals surface area contributed by atoms with Gasteiger partial charge in [-0.3, -0.25) is 4.79 Å². The zero-order valence-corrected chi connectivity index (χ0v) is 19.5.